The zero-order valence-corrected chi connectivity index (χ0v) is 17.2. The number of nitrogens with zero attached hydrogens (tertiary/aromatic N) is 3. The molecule has 1 aliphatic rings. The summed E-state index contributed by atoms with van der Waals surface area (Å²) in [5.74, 6) is 0. The van der Waals surface area contributed by atoms with Crippen molar-refractivity contribution in [3.63, 3.8) is 0 Å². The van der Waals surface area contributed by atoms with Gasteiger partial charge in [0.05, 0.1) is 10.6 Å². The van der Waals surface area contributed by atoms with Gasteiger partial charge in [0.1, 0.15) is 6.07 Å². The van der Waals surface area contributed by atoms with Gasteiger partial charge in [-0.25, -0.2) is 0 Å². The maximum Gasteiger partial charge on any atom is 0.101 e. The first-order valence-electron chi connectivity index (χ1n) is 9.67. The minimum absolute atomic E-state index is 0.212. The molecule has 0 N–H and O–H groups in total. The summed E-state index contributed by atoms with van der Waals surface area (Å²) >= 11 is 6.32. The molecule has 0 aromatic heterocycles. The number of benzene rings is 2. The minimum Gasteiger partial charge on any atom is -0.367 e. The highest BCUT2D eigenvalue weighted by atomic mass is 35.5. The molecule has 0 aliphatic carbocycles. The van der Waals surface area contributed by atoms with Gasteiger partial charge in [0.15, 0.2) is 0 Å². The Balaban J connectivity index is 1.83. The molecule has 1 fully saturated rings. The number of halogens is 1. The number of hydrogen-bond acceptors (Lipinski definition) is 3. The van der Waals surface area contributed by atoms with Crippen LogP contribution in [-0.4, -0.2) is 30.6 Å². The van der Waals surface area contributed by atoms with Gasteiger partial charge in [0.25, 0.3) is 0 Å². The molecule has 0 saturated carbocycles. The largest absolute Gasteiger partial charge is 0.367 e. The van der Waals surface area contributed by atoms with Crippen molar-refractivity contribution < 1.29 is 0 Å². The second-order valence-corrected chi connectivity index (χ2v) is 8.44. The van der Waals surface area contributed by atoms with Crippen LogP contribution in [-0.2, 0) is 6.54 Å². The van der Waals surface area contributed by atoms with E-state index < -0.39 is 0 Å². The molecule has 0 spiro atoms. The normalized spacial score (nSPS) is 19.4. The van der Waals surface area contributed by atoms with E-state index in [1.165, 1.54) is 5.56 Å². The van der Waals surface area contributed by atoms with Gasteiger partial charge >= 0.3 is 0 Å². The zero-order valence-electron chi connectivity index (χ0n) is 16.5. The lowest BCUT2D eigenvalue weighted by molar-refractivity contribution is 0.0960. The predicted molar refractivity (Wildman–Crippen MR) is 113 cm³/mol. The molecule has 2 aromatic carbocycles. The van der Waals surface area contributed by atoms with Gasteiger partial charge in [-0.15, -0.1) is 0 Å². The Morgan fingerprint density at radius 3 is 2.59 bits per heavy atom. The third-order valence-corrected chi connectivity index (χ3v) is 6.09. The fourth-order valence-corrected chi connectivity index (χ4v) is 4.27. The van der Waals surface area contributed by atoms with Crippen LogP contribution in [0.1, 0.15) is 38.3 Å². The first-order chi connectivity index (χ1) is 12.9. The van der Waals surface area contributed by atoms with E-state index in [1.54, 1.807) is 0 Å². The SMILES string of the molecule is CCN(c1ccc(C#N)c(Cl)c1)C1CN(Cc2ccccc2)CCC1(C)C. The molecule has 1 atom stereocenters. The molecular weight excluding hydrogens is 354 g/mol. The van der Waals surface area contributed by atoms with E-state index in [9.17, 15) is 0 Å². The molecule has 1 aliphatic heterocycles. The van der Waals surface area contributed by atoms with Crippen LogP contribution >= 0.6 is 11.6 Å². The highest BCUT2D eigenvalue weighted by Gasteiger charge is 2.39. The number of piperidine rings is 1. The fraction of sp³-hybridized carbons (Fsp3) is 0.435. The summed E-state index contributed by atoms with van der Waals surface area (Å²) in [6.45, 7) is 11.0. The summed E-state index contributed by atoms with van der Waals surface area (Å²) in [7, 11) is 0. The van der Waals surface area contributed by atoms with Gasteiger partial charge in [-0.1, -0.05) is 55.8 Å². The Bertz CT molecular complexity index is 810. The van der Waals surface area contributed by atoms with E-state index in [0.29, 0.717) is 16.6 Å². The summed E-state index contributed by atoms with van der Waals surface area (Å²) in [5.41, 5.74) is 3.20. The second-order valence-electron chi connectivity index (χ2n) is 8.04. The van der Waals surface area contributed by atoms with Crippen LogP contribution in [0.5, 0.6) is 0 Å². The quantitative estimate of drug-likeness (QED) is 0.700. The van der Waals surface area contributed by atoms with Crippen molar-refractivity contribution >= 4 is 17.3 Å². The molecule has 1 unspecified atom stereocenters. The Kier molecular flexibility index (Phi) is 6.09. The number of anilines is 1. The fourth-order valence-electron chi connectivity index (χ4n) is 4.06. The molecular formula is C23H28ClN3. The van der Waals surface area contributed by atoms with Gasteiger partial charge in [-0.2, -0.15) is 5.26 Å². The summed E-state index contributed by atoms with van der Waals surface area (Å²) < 4.78 is 0. The summed E-state index contributed by atoms with van der Waals surface area (Å²) in [6, 6.07) is 19.0. The monoisotopic (exact) mass is 381 g/mol. The third kappa shape index (κ3) is 4.46. The molecule has 142 valence electrons. The Hall–Kier alpha value is -2.02. The smallest absolute Gasteiger partial charge is 0.101 e. The summed E-state index contributed by atoms with van der Waals surface area (Å²) in [5, 5.41) is 9.69. The maximum atomic E-state index is 9.16. The van der Waals surface area contributed by atoms with Crippen molar-refractivity contribution in [2.24, 2.45) is 5.41 Å². The molecule has 3 nitrogen and oxygen atoms in total. The highest BCUT2D eigenvalue weighted by Crippen LogP contribution is 2.37. The highest BCUT2D eigenvalue weighted by molar-refractivity contribution is 6.32. The van der Waals surface area contributed by atoms with Crippen LogP contribution in [0, 0.1) is 16.7 Å². The first kappa shape index (κ1) is 19.7. The van der Waals surface area contributed by atoms with Gasteiger partial charge in [0.2, 0.25) is 0 Å². The number of likely N-dealkylation sites (tertiary alicyclic amines) is 1. The van der Waals surface area contributed by atoms with Crippen LogP contribution in [0.15, 0.2) is 48.5 Å². The van der Waals surface area contributed by atoms with Gasteiger partial charge in [-0.3, -0.25) is 4.90 Å². The van der Waals surface area contributed by atoms with E-state index >= 15 is 0 Å². The number of rotatable bonds is 5. The number of likely N-dealkylation sites (N-methyl/N-ethyl adjacent to an activating group) is 1. The van der Waals surface area contributed by atoms with Gasteiger partial charge in [-0.05, 0) is 49.1 Å². The summed E-state index contributed by atoms with van der Waals surface area (Å²) in [4.78, 5) is 5.00. The lowest BCUT2D eigenvalue weighted by Gasteiger charge is -2.49. The average molecular weight is 382 g/mol. The van der Waals surface area contributed by atoms with Crippen molar-refractivity contribution in [3.8, 4) is 6.07 Å². The molecule has 2 aromatic rings. The third-order valence-electron chi connectivity index (χ3n) is 5.78. The topological polar surface area (TPSA) is 30.3 Å². The van der Waals surface area contributed by atoms with Crippen molar-refractivity contribution in [2.75, 3.05) is 24.5 Å². The van der Waals surface area contributed by atoms with Crippen LogP contribution in [0.4, 0.5) is 5.69 Å². The van der Waals surface area contributed by atoms with E-state index in [-0.39, 0.29) is 5.41 Å². The Morgan fingerprint density at radius 2 is 1.96 bits per heavy atom. The molecule has 1 heterocycles. The van der Waals surface area contributed by atoms with Gasteiger partial charge in [0, 0.05) is 31.4 Å². The zero-order chi connectivity index (χ0) is 19.4. The van der Waals surface area contributed by atoms with Crippen molar-refractivity contribution in [1.82, 2.24) is 4.90 Å². The molecule has 0 bridgehead atoms. The first-order valence-corrected chi connectivity index (χ1v) is 10.0. The van der Waals surface area contributed by atoms with Crippen molar-refractivity contribution in [3.05, 3.63) is 64.7 Å². The van der Waals surface area contributed by atoms with Crippen LogP contribution in [0.2, 0.25) is 5.02 Å². The maximum absolute atomic E-state index is 9.16. The van der Waals surface area contributed by atoms with Crippen LogP contribution < -0.4 is 4.90 Å². The number of hydrogen-bond donors (Lipinski definition) is 0. The molecule has 0 radical (unpaired) electrons. The standard InChI is InChI=1S/C23H28ClN3/c1-4-27(20-11-10-19(15-25)21(24)14-20)22-17-26(13-12-23(22,2)3)16-18-8-6-5-7-9-18/h5-11,14,22H,4,12-13,16-17H2,1-3H3. The van der Waals surface area contributed by atoms with E-state index in [2.05, 4.69) is 67.0 Å². The number of nitriles is 1. The Labute approximate surface area is 168 Å². The lowest BCUT2D eigenvalue weighted by atomic mass is 9.77. The second kappa shape index (κ2) is 8.33. The van der Waals surface area contributed by atoms with Crippen molar-refractivity contribution in [2.45, 2.75) is 39.8 Å². The van der Waals surface area contributed by atoms with Crippen LogP contribution in [0.25, 0.3) is 0 Å². The van der Waals surface area contributed by atoms with Gasteiger partial charge < -0.3 is 4.90 Å². The van der Waals surface area contributed by atoms with E-state index in [4.69, 9.17) is 16.9 Å². The lowest BCUT2D eigenvalue weighted by Crippen LogP contribution is -2.56. The minimum atomic E-state index is 0.212. The molecule has 27 heavy (non-hydrogen) atoms. The molecule has 1 saturated heterocycles. The molecule has 0 amide bonds. The van der Waals surface area contributed by atoms with E-state index in [1.807, 2.05) is 18.2 Å². The molecule has 3 rings (SSSR count). The Morgan fingerprint density at radius 1 is 1.22 bits per heavy atom. The van der Waals surface area contributed by atoms with Crippen LogP contribution in [0.3, 0.4) is 0 Å². The summed E-state index contributed by atoms with van der Waals surface area (Å²) in [6.07, 6.45) is 1.16. The van der Waals surface area contributed by atoms with Crippen molar-refractivity contribution in [1.29, 1.82) is 5.26 Å². The van der Waals surface area contributed by atoms with E-state index in [0.717, 1.165) is 38.3 Å². The predicted octanol–water partition coefficient (Wildman–Crippen LogP) is 5.34. The average Bonchev–Trinajstić information content (AvgIpc) is 2.66. The molecule has 4 heteroatoms.